The summed E-state index contributed by atoms with van der Waals surface area (Å²) in [7, 11) is -4.07. The lowest BCUT2D eigenvalue weighted by atomic mass is 9.95. The lowest BCUT2D eigenvalue weighted by Crippen LogP contribution is -2.57. The summed E-state index contributed by atoms with van der Waals surface area (Å²) in [6.45, 7) is 10.7. The first-order valence-electron chi connectivity index (χ1n) is 18.5. The average Bonchev–Trinajstić information content (AvgIpc) is 3.49. The number of aliphatic hydroxyl groups is 1. The van der Waals surface area contributed by atoms with Gasteiger partial charge in [0.1, 0.15) is 6.04 Å². The van der Waals surface area contributed by atoms with Crippen LogP contribution in [-0.4, -0.2) is 100 Å². The molecule has 3 aromatic carbocycles. The Morgan fingerprint density at radius 1 is 1.00 bits per heavy atom. The second-order valence-electron chi connectivity index (χ2n) is 14.6. The van der Waals surface area contributed by atoms with E-state index in [2.05, 4.69) is 15.5 Å². The van der Waals surface area contributed by atoms with Gasteiger partial charge in [-0.05, 0) is 66.1 Å². The third kappa shape index (κ3) is 9.62. The van der Waals surface area contributed by atoms with Crippen molar-refractivity contribution in [1.29, 1.82) is 0 Å². The Bertz CT molecular complexity index is 2030. The van der Waals surface area contributed by atoms with Gasteiger partial charge in [-0.25, -0.2) is 13.2 Å². The summed E-state index contributed by atoms with van der Waals surface area (Å²) in [5, 5.41) is 27.8. The lowest BCUT2D eigenvalue weighted by Gasteiger charge is -2.35. The maximum atomic E-state index is 14.4. The van der Waals surface area contributed by atoms with Gasteiger partial charge in [0.05, 0.1) is 28.8 Å². The standard InChI is InChI=1S/C41H52N6O6S/c1-6-29(4)39(47-21-20-45(41(47)50)26-33-22-30(5)43-36-15-11-10-14-35(33)36)40(49)44-37(23-31-12-8-7-9-13-31)38(48)27-46(25-28(2)3)54(52,53)34-18-16-32(17-19-34)24-42-51/h7-19,22,24,28-29,37-39,48,51H,6,20-21,23,25-27H2,1-5H3,(H,44,49)/b42-24+/t29?,37-,38+,39?/m0/s1. The van der Waals surface area contributed by atoms with Crippen molar-refractivity contribution >= 4 is 39.1 Å². The van der Waals surface area contributed by atoms with Gasteiger partial charge in [-0.3, -0.25) is 9.78 Å². The molecule has 0 radical (unpaired) electrons. The Morgan fingerprint density at radius 2 is 1.69 bits per heavy atom. The highest BCUT2D eigenvalue weighted by molar-refractivity contribution is 7.89. The highest BCUT2D eigenvalue weighted by Gasteiger charge is 2.41. The summed E-state index contributed by atoms with van der Waals surface area (Å²) < 4.78 is 29.2. The van der Waals surface area contributed by atoms with Crippen LogP contribution in [0.5, 0.6) is 0 Å². The number of urea groups is 1. The second-order valence-corrected chi connectivity index (χ2v) is 16.5. The number of fused-ring (bicyclic) bond motifs is 1. The first-order valence-corrected chi connectivity index (χ1v) is 20.0. The molecular formula is C41H52N6O6S. The van der Waals surface area contributed by atoms with Crippen LogP contribution in [0.1, 0.15) is 56.5 Å². The zero-order chi connectivity index (χ0) is 39.0. The predicted molar refractivity (Wildman–Crippen MR) is 210 cm³/mol. The number of sulfonamides is 1. The number of carbonyl (C=O) groups is 2. The maximum Gasteiger partial charge on any atom is 0.321 e. The monoisotopic (exact) mass is 756 g/mol. The second kappa shape index (κ2) is 18.0. The predicted octanol–water partition coefficient (Wildman–Crippen LogP) is 5.44. The number of para-hydroxylation sites is 1. The first kappa shape index (κ1) is 40.3. The number of hydrogen-bond acceptors (Lipinski definition) is 8. The van der Waals surface area contributed by atoms with E-state index < -0.39 is 34.1 Å². The van der Waals surface area contributed by atoms with Crippen LogP contribution in [0, 0.1) is 18.8 Å². The molecule has 0 spiro atoms. The lowest BCUT2D eigenvalue weighted by molar-refractivity contribution is -0.128. The molecule has 3 N–H and O–H groups in total. The quantitative estimate of drug-likeness (QED) is 0.0737. The van der Waals surface area contributed by atoms with Crippen LogP contribution in [0.2, 0.25) is 0 Å². The average molecular weight is 757 g/mol. The number of aryl methyl sites for hydroxylation is 1. The number of pyridine rings is 1. The largest absolute Gasteiger partial charge is 0.411 e. The minimum absolute atomic E-state index is 0.0259. The topological polar surface area (TPSA) is 156 Å². The number of rotatable bonds is 17. The molecule has 1 fully saturated rings. The van der Waals surface area contributed by atoms with Gasteiger partial charge < -0.3 is 25.4 Å². The number of aliphatic hydroxyl groups excluding tert-OH is 1. The number of hydrogen-bond donors (Lipinski definition) is 3. The fourth-order valence-electron chi connectivity index (χ4n) is 7.04. The van der Waals surface area contributed by atoms with Crippen molar-refractivity contribution in [3.63, 3.8) is 0 Å². The Hall–Kier alpha value is -4.85. The molecule has 1 aromatic heterocycles. The van der Waals surface area contributed by atoms with Gasteiger partial charge >= 0.3 is 6.03 Å². The van der Waals surface area contributed by atoms with Crippen LogP contribution < -0.4 is 5.32 Å². The molecule has 0 saturated carbocycles. The van der Waals surface area contributed by atoms with Gasteiger partial charge in [-0.1, -0.05) is 99.9 Å². The van der Waals surface area contributed by atoms with Crippen molar-refractivity contribution in [1.82, 2.24) is 24.4 Å². The molecule has 1 saturated heterocycles. The summed E-state index contributed by atoms with van der Waals surface area (Å²) in [5.74, 6) is -0.670. The van der Waals surface area contributed by atoms with Gasteiger partial charge in [-0.2, -0.15) is 4.31 Å². The molecule has 0 aliphatic carbocycles. The number of amides is 3. The SMILES string of the molecule is CCC(C)C(C(=O)N[C@@H](Cc1ccccc1)[C@H](O)CN(CC(C)C)S(=O)(=O)c1ccc(/C=N/O)cc1)N1CCN(Cc2cc(C)nc3ccccc23)C1=O. The fraction of sp³-hybridized carbons (Fsp3) is 0.415. The number of benzene rings is 3. The van der Waals surface area contributed by atoms with Crippen molar-refractivity contribution in [3.05, 3.63) is 107 Å². The molecule has 2 heterocycles. The Kier molecular flexibility index (Phi) is 13.4. The smallest absolute Gasteiger partial charge is 0.321 e. The number of nitrogens with zero attached hydrogens (tertiary/aromatic N) is 5. The molecule has 3 amide bonds. The molecule has 13 heteroatoms. The first-order chi connectivity index (χ1) is 25.8. The van der Waals surface area contributed by atoms with Crippen LogP contribution in [0.3, 0.4) is 0 Å². The van der Waals surface area contributed by atoms with E-state index >= 15 is 0 Å². The van der Waals surface area contributed by atoms with Gasteiger partial charge in [0.25, 0.3) is 0 Å². The van der Waals surface area contributed by atoms with Crippen molar-refractivity contribution < 1.29 is 28.3 Å². The fourth-order valence-corrected chi connectivity index (χ4v) is 8.66. The minimum Gasteiger partial charge on any atom is -0.411 e. The summed E-state index contributed by atoms with van der Waals surface area (Å²) in [6.07, 6.45) is 0.771. The van der Waals surface area contributed by atoms with Crippen molar-refractivity contribution in [3.8, 4) is 0 Å². The molecule has 0 bridgehead atoms. The molecule has 5 rings (SSSR count). The molecular weight excluding hydrogens is 705 g/mol. The van der Waals surface area contributed by atoms with Crippen LogP contribution in [0.4, 0.5) is 4.79 Å². The van der Waals surface area contributed by atoms with E-state index in [1.165, 1.54) is 34.8 Å². The highest BCUT2D eigenvalue weighted by atomic mass is 32.2. The van der Waals surface area contributed by atoms with Gasteiger partial charge in [0.15, 0.2) is 0 Å². The molecule has 4 aromatic rings. The van der Waals surface area contributed by atoms with E-state index in [0.717, 1.165) is 27.7 Å². The van der Waals surface area contributed by atoms with Gasteiger partial charge in [0, 0.05) is 43.8 Å². The van der Waals surface area contributed by atoms with E-state index in [9.17, 15) is 23.1 Å². The normalized spacial score (nSPS) is 16.0. The third-order valence-corrected chi connectivity index (χ3v) is 11.8. The van der Waals surface area contributed by atoms with E-state index in [4.69, 9.17) is 5.21 Å². The number of oxime groups is 1. The van der Waals surface area contributed by atoms with Crippen LogP contribution in [0.25, 0.3) is 10.9 Å². The summed E-state index contributed by atoms with van der Waals surface area (Å²) in [4.78, 5) is 36.6. The third-order valence-electron chi connectivity index (χ3n) is 9.98. The van der Waals surface area contributed by atoms with E-state index in [-0.39, 0.29) is 42.3 Å². The molecule has 288 valence electrons. The Labute approximate surface area is 318 Å². The Balaban J connectivity index is 1.39. The summed E-state index contributed by atoms with van der Waals surface area (Å²) in [6, 6.07) is 23.2. The maximum absolute atomic E-state index is 14.4. The van der Waals surface area contributed by atoms with Crippen LogP contribution in [-0.2, 0) is 27.8 Å². The van der Waals surface area contributed by atoms with Crippen molar-refractivity contribution in [2.24, 2.45) is 17.0 Å². The molecule has 12 nitrogen and oxygen atoms in total. The van der Waals surface area contributed by atoms with Crippen molar-refractivity contribution in [2.75, 3.05) is 26.2 Å². The van der Waals surface area contributed by atoms with Crippen LogP contribution in [0.15, 0.2) is 95.0 Å². The van der Waals surface area contributed by atoms with Crippen molar-refractivity contribution in [2.45, 2.75) is 77.1 Å². The molecule has 1 aliphatic heterocycles. The molecule has 54 heavy (non-hydrogen) atoms. The summed E-state index contributed by atoms with van der Waals surface area (Å²) in [5.41, 5.74) is 4.08. The minimum atomic E-state index is -4.07. The molecule has 2 unspecified atom stereocenters. The zero-order valence-corrected chi connectivity index (χ0v) is 32.5. The van der Waals surface area contributed by atoms with E-state index in [0.29, 0.717) is 31.6 Å². The molecule has 4 atom stereocenters. The van der Waals surface area contributed by atoms with Crippen LogP contribution >= 0.6 is 0 Å². The van der Waals surface area contributed by atoms with Gasteiger partial charge in [0.2, 0.25) is 15.9 Å². The number of nitrogens with one attached hydrogen (secondary N) is 1. The summed E-state index contributed by atoms with van der Waals surface area (Å²) >= 11 is 0. The number of carbonyl (C=O) groups excluding carboxylic acids is 2. The highest BCUT2D eigenvalue weighted by Crippen LogP contribution is 2.26. The van der Waals surface area contributed by atoms with Gasteiger partial charge in [-0.15, -0.1) is 0 Å². The Morgan fingerprint density at radius 3 is 2.35 bits per heavy atom. The zero-order valence-electron chi connectivity index (χ0n) is 31.7. The molecule has 1 aliphatic rings. The number of aromatic nitrogens is 1. The van der Waals surface area contributed by atoms with E-state index in [1.54, 1.807) is 9.80 Å². The van der Waals surface area contributed by atoms with E-state index in [1.807, 2.05) is 95.3 Å².